The standard InChI is InChI=1S/C21H22N6O5S/c1-15-3-6-20(16(2)11-15)33(31,32)25-9-7-24(8-10-25)21(28)17-4-5-18(19(12-17)27(29)30)26-14-22-13-23-26/h3-6,11-14H,7-10H2,1-2H3. The lowest BCUT2D eigenvalue weighted by Gasteiger charge is -2.34. The van der Waals surface area contributed by atoms with E-state index in [1.807, 2.05) is 13.0 Å². The predicted octanol–water partition coefficient (Wildman–Crippen LogP) is 1.94. The Morgan fingerprint density at radius 3 is 2.39 bits per heavy atom. The number of benzene rings is 2. The number of sulfonamides is 1. The minimum atomic E-state index is -3.68. The summed E-state index contributed by atoms with van der Waals surface area (Å²) < 4.78 is 28.8. The van der Waals surface area contributed by atoms with Crippen molar-refractivity contribution in [2.75, 3.05) is 26.2 Å². The molecule has 0 spiro atoms. The molecule has 172 valence electrons. The average Bonchev–Trinajstić information content (AvgIpc) is 3.33. The third kappa shape index (κ3) is 4.34. The monoisotopic (exact) mass is 470 g/mol. The molecule has 0 aliphatic carbocycles. The molecule has 0 N–H and O–H groups in total. The van der Waals surface area contributed by atoms with Gasteiger partial charge < -0.3 is 4.90 Å². The average molecular weight is 471 g/mol. The van der Waals surface area contributed by atoms with Crippen molar-refractivity contribution in [1.82, 2.24) is 24.0 Å². The molecule has 2 heterocycles. The number of nitro benzene ring substituents is 1. The van der Waals surface area contributed by atoms with Crippen LogP contribution in [0.15, 0.2) is 53.9 Å². The van der Waals surface area contributed by atoms with Crippen LogP contribution >= 0.6 is 0 Å². The van der Waals surface area contributed by atoms with Gasteiger partial charge in [-0.2, -0.15) is 9.40 Å². The highest BCUT2D eigenvalue weighted by molar-refractivity contribution is 7.89. The minimum absolute atomic E-state index is 0.139. The SMILES string of the molecule is Cc1ccc(S(=O)(=O)N2CCN(C(=O)c3ccc(-n4cncn4)c([N+](=O)[O-])c3)CC2)c(C)c1. The van der Waals surface area contributed by atoms with Gasteiger partial charge in [-0.3, -0.25) is 14.9 Å². The fraction of sp³-hybridized carbons (Fsp3) is 0.286. The molecular formula is C21H22N6O5S. The summed E-state index contributed by atoms with van der Waals surface area (Å²) in [6.45, 7) is 4.30. The summed E-state index contributed by atoms with van der Waals surface area (Å²) in [5.74, 6) is -0.396. The van der Waals surface area contributed by atoms with Crippen molar-refractivity contribution in [1.29, 1.82) is 0 Å². The zero-order valence-electron chi connectivity index (χ0n) is 18.1. The van der Waals surface area contributed by atoms with Crippen LogP contribution < -0.4 is 0 Å². The topological polar surface area (TPSA) is 132 Å². The quantitative estimate of drug-likeness (QED) is 0.411. The molecule has 0 bridgehead atoms. The van der Waals surface area contributed by atoms with Crippen molar-refractivity contribution in [3.8, 4) is 5.69 Å². The van der Waals surface area contributed by atoms with Crippen LogP contribution in [0.3, 0.4) is 0 Å². The largest absolute Gasteiger partial charge is 0.336 e. The van der Waals surface area contributed by atoms with Crippen LogP contribution in [0.25, 0.3) is 5.69 Å². The van der Waals surface area contributed by atoms with Gasteiger partial charge in [0.2, 0.25) is 10.0 Å². The van der Waals surface area contributed by atoms with Crippen LogP contribution in [0.2, 0.25) is 0 Å². The fourth-order valence-electron chi connectivity index (χ4n) is 3.87. The molecule has 1 aliphatic heterocycles. The number of hydrogen-bond acceptors (Lipinski definition) is 7. The van der Waals surface area contributed by atoms with Crippen molar-refractivity contribution < 1.29 is 18.1 Å². The molecule has 11 nitrogen and oxygen atoms in total. The van der Waals surface area contributed by atoms with Crippen LogP contribution in [-0.4, -0.2) is 69.4 Å². The van der Waals surface area contributed by atoms with Crippen LogP contribution in [0.1, 0.15) is 21.5 Å². The van der Waals surface area contributed by atoms with Gasteiger partial charge in [0.05, 0.1) is 9.82 Å². The van der Waals surface area contributed by atoms with Gasteiger partial charge in [0.25, 0.3) is 11.6 Å². The first-order valence-electron chi connectivity index (χ1n) is 10.2. The molecule has 4 rings (SSSR count). The second kappa shape index (κ2) is 8.71. The lowest BCUT2D eigenvalue weighted by molar-refractivity contribution is -0.384. The number of piperazine rings is 1. The van der Waals surface area contributed by atoms with Crippen LogP contribution in [0.4, 0.5) is 5.69 Å². The highest BCUT2D eigenvalue weighted by Crippen LogP contribution is 2.26. The molecule has 3 aromatic rings. The zero-order valence-corrected chi connectivity index (χ0v) is 18.9. The summed E-state index contributed by atoms with van der Waals surface area (Å²) in [7, 11) is -3.68. The number of aromatic nitrogens is 3. The number of carbonyl (C=O) groups excluding carboxylic acids is 1. The molecule has 0 unspecified atom stereocenters. The molecule has 1 aliphatic rings. The maximum atomic E-state index is 13.1. The zero-order chi connectivity index (χ0) is 23.8. The van der Waals surface area contributed by atoms with E-state index in [-0.39, 0.29) is 48.0 Å². The molecular weight excluding hydrogens is 448 g/mol. The second-order valence-electron chi connectivity index (χ2n) is 7.77. The number of carbonyl (C=O) groups is 1. The molecule has 2 aromatic carbocycles. The highest BCUT2D eigenvalue weighted by Gasteiger charge is 2.32. The molecule has 1 amide bonds. The van der Waals surface area contributed by atoms with Gasteiger partial charge in [0.15, 0.2) is 0 Å². The number of hydrogen-bond donors (Lipinski definition) is 0. The summed E-state index contributed by atoms with van der Waals surface area (Å²) in [5, 5.41) is 15.5. The lowest BCUT2D eigenvalue weighted by Crippen LogP contribution is -2.50. The van der Waals surface area contributed by atoms with Crippen molar-refractivity contribution >= 4 is 21.6 Å². The first kappa shape index (κ1) is 22.6. The van der Waals surface area contributed by atoms with Crippen LogP contribution in [0.5, 0.6) is 0 Å². The highest BCUT2D eigenvalue weighted by atomic mass is 32.2. The normalized spacial score (nSPS) is 14.9. The van der Waals surface area contributed by atoms with Crippen molar-refractivity contribution in [3.63, 3.8) is 0 Å². The van der Waals surface area contributed by atoms with Crippen LogP contribution in [0, 0.1) is 24.0 Å². The van der Waals surface area contributed by atoms with E-state index in [1.165, 1.54) is 44.7 Å². The van der Waals surface area contributed by atoms with Crippen molar-refractivity contribution in [3.05, 3.63) is 75.9 Å². The number of amides is 1. The van der Waals surface area contributed by atoms with E-state index in [9.17, 15) is 23.3 Å². The Morgan fingerprint density at radius 1 is 1.06 bits per heavy atom. The maximum Gasteiger partial charge on any atom is 0.295 e. The van der Waals surface area contributed by atoms with Gasteiger partial charge in [0, 0.05) is 37.8 Å². The molecule has 1 fully saturated rings. The fourth-order valence-corrected chi connectivity index (χ4v) is 5.50. The van der Waals surface area contributed by atoms with Gasteiger partial charge >= 0.3 is 0 Å². The molecule has 0 saturated carbocycles. The summed E-state index contributed by atoms with van der Waals surface area (Å²) >= 11 is 0. The number of nitrogens with zero attached hydrogens (tertiary/aromatic N) is 6. The van der Waals surface area contributed by atoms with Crippen molar-refractivity contribution in [2.45, 2.75) is 18.7 Å². The maximum absolute atomic E-state index is 13.1. The Morgan fingerprint density at radius 2 is 1.79 bits per heavy atom. The smallest absolute Gasteiger partial charge is 0.295 e. The van der Waals surface area contributed by atoms with Gasteiger partial charge in [-0.15, -0.1) is 0 Å². The van der Waals surface area contributed by atoms with E-state index in [0.717, 1.165) is 5.56 Å². The lowest BCUT2D eigenvalue weighted by atomic mass is 10.1. The Balaban J connectivity index is 1.51. The number of aryl methyl sites for hydroxylation is 2. The number of nitro groups is 1. The molecule has 0 atom stereocenters. The third-order valence-electron chi connectivity index (χ3n) is 5.56. The Bertz CT molecular complexity index is 1310. The Labute approximate surface area is 190 Å². The van der Waals surface area contributed by atoms with E-state index in [1.54, 1.807) is 19.1 Å². The molecule has 0 radical (unpaired) electrons. The summed E-state index contributed by atoms with van der Waals surface area (Å²) in [5.41, 5.74) is 1.72. The van der Waals surface area contributed by atoms with Gasteiger partial charge in [0.1, 0.15) is 18.3 Å². The van der Waals surface area contributed by atoms with E-state index >= 15 is 0 Å². The minimum Gasteiger partial charge on any atom is -0.336 e. The molecule has 1 saturated heterocycles. The van der Waals surface area contributed by atoms with E-state index in [0.29, 0.717) is 5.56 Å². The molecule has 12 heteroatoms. The second-order valence-corrected chi connectivity index (χ2v) is 9.67. The molecule has 1 aromatic heterocycles. The van der Waals surface area contributed by atoms with Crippen LogP contribution in [-0.2, 0) is 10.0 Å². The first-order valence-corrected chi connectivity index (χ1v) is 11.6. The summed E-state index contributed by atoms with van der Waals surface area (Å²) in [6, 6.07) is 9.33. The number of rotatable bonds is 5. The summed E-state index contributed by atoms with van der Waals surface area (Å²) in [6.07, 6.45) is 2.59. The van der Waals surface area contributed by atoms with Gasteiger partial charge in [-0.1, -0.05) is 17.7 Å². The molecule has 33 heavy (non-hydrogen) atoms. The van der Waals surface area contributed by atoms with Gasteiger partial charge in [-0.25, -0.2) is 18.1 Å². The van der Waals surface area contributed by atoms with E-state index in [2.05, 4.69) is 10.1 Å². The predicted molar refractivity (Wildman–Crippen MR) is 119 cm³/mol. The van der Waals surface area contributed by atoms with E-state index in [4.69, 9.17) is 0 Å². The summed E-state index contributed by atoms with van der Waals surface area (Å²) in [4.78, 5) is 29.5. The Hall–Kier alpha value is -3.64. The Kier molecular flexibility index (Phi) is 5.95. The van der Waals surface area contributed by atoms with Gasteiger partial charge in [-0.05, 0) is 37.6 Å². The van der Waals surface area contributed by atoms with Crippen molar-refractivity contribution in [2.24, 2.45) is 0 Å². The first-order chi connectivity index (χ1) is 15.7. The van der Waals surface area contributed by atoms with E-state index < -0.39 is 20.9 Å². The third-order valence-corrected chi connectivity index (χ3v) is 7.62.